The van der Waals surface area contributed by atoms with E-state index in [1.165, 1.54) is 48.5 Å². The fourth-order valence-corrected chi connectivity index (χ4v) is 11.0. The van der Waals surface area contributed by atoms with Gasteiger partial charge in [0, 0.05) is 47.3 Å². The van der Waals surface area contributed by atoms with Gasteiger partial charge in [-0.2, -0.15) is 62.5 Å². The number of urea groups is 1. The van der Waals surface area contributed by atoms with Crippen molar-refractivity contribution in [1.82, 2.24) is 0 Å². The normalized spacial score (nSPS) is 12.5. The molecule has 6 aromatic carbocycles. The number of hydrogen-bond donors (Lipinski definition) is 8. The summed E-state index contributed by atoms with van der Waals surface area (Å²) in [5, 5.41) is 40.4. The zero-order valence-corrected chi connectivity index (χ0v) is 57.0. The summed E-state index contributed by atoms with van der Waals surface area (Å²) >= 11 is 0.452. The molecule has 0 aliphatic rings. The largest absolute Gasteiger partial charge is 0.491 e. The minimum absolute atomic E-state index is 0.0171. The molecule has 0 bridgehead atoms. The lowest BCUT2D eigenvalue weighted by molar-refractivity contribution is 0.261. The number of carbonyl (C=O) groups excluding carboxylic acids is 1. The fraction of sp³-hybridized carbons (Fsp3) is 0.351. The van der Waals surface area contributed by atoms with Gasteiger partial charge >= 0.3 is 6.03 Å². The van der Waals surface area contributed by atoms with Crippen molar-refractivity contribution in [2.75, 3.05) is 73.3 Å². The summed E-state index contributed by atoms with van der Waals surface area (Å²) in [6, 6.07) is 19.0. The van der Waals surface area contributed by atoms with Crippen LogP contribution in [0.1, 0.15) is 61.8 Å². The second kappa shape index (κ2) is 34.5. The maximum Gasteiger partial charge on any atom is 0.323 e. The van der Waals surface area contributed by atoms with Crippen molar-refractivity contribution in [3.05, 3.63) is 107 Å². The van der Waals surface area contributed by atoms with Crippen LogP contribution >= 0.6 is 12.0 Å². The highest BCUT2D eigenvalue weighted by atomic mass is 32.2. The van der Waals surface area contributed by atoms with E-state index in [0.29, 0.717) is 44.9 Å². The van der Waals surface area contributed by atoms with Crippen LogP contribution < -0.4 is 39.1 Å². The monoisotopic (exact) mass is 1450 g/mol. The lowest BCUT2D eigenvalue weighted by Gasteiger charge is -2.17. The number of nitrogens with one attached hydrogen (secondary N) is 2. The number of nitrogens with zero attached hydrogens (tertiary/aromatic N) is 8. The van der Waals surface area contributed by atoms with E-state index in [-0.39, 0.29) is 151 Å². The third-order valence-electron chi connectivity index (χ3n) is 12.8. The van der Waals surface area contributed by atoms with Crippen LogP contribution in [0.3, 0.4) is 0 Å². The number of carbonyl (C=O) groups is 1. The van der Waals surface area contributed by atoms with Crippen LogP contribution in [0.5, 0.6) is 34.5 Å². The first-order valence-corrected chi connectivity index (χ1v) is 37.2. The Labute approximate surface area is 557 Å². The Bertz CT molecular complexity index is 4520. The molecule has 0 aliphatic carbocycles. The molecule has 0 radical (unpaired) electrons. The number of anilines is 2. The summed E-state index contributed by atoms with van der Waals surface area (Å²) in [6.07, 6.45) is -0.572. The number of ether oxygens (including phenoxy) is 6. The zero-order chi connectivity index (χ0) is 70.6. The molecule has 0 aromatic heterocycles. The molecular weight excluding hydrogens is 1390 g/mol. The molecule has 6 rings (SSSR count). The standard InChI is InChI=1S/C57H68N10O23S6/c1-7-85-55-33-45(62-60-41-15-13-39(91-69)29-51(41)87-17-9-21-92(70,71)72)37(5)27-49(55)66-64-43-31-53(89-19-11-23-94(76,77)78)47(25-35(43)3)58-57(68)59-48-26-36(4)44(32-54(48)90-20-12-24-95(79,80)81)65-67-50-28-38(6)46(34-56(50)86-8-2)63-61-42-16-14-40(96(82,83)84)30-52(42)88-18-10-22-93(73,74)75/h13-16,25-34,69H,7-12,17-24H2,1-6H3,(H2,58,59,68)(H,70,71,72)(H,73,74,75)(H,76,77,78)(H,79,80,81)(H,82,83,84). The molecule has 6 aromatic rings. The van der Waals surface area contributed by atoms with Gasteiger partial charge in [0.25, 0.3) is 50.6 Å². The summed E-state index contributed by atoms with van der Waals surface area (Å²) in [7, 11) is -22.0. The van der Waals surface area contributed by atoms with Gasteiger partial charge in [-0.25, -0.2) is 4.79 Å². The Morgan fingerprint density at radius 1 is 0.385 bits per heavy atom. The van der Waals surface area contributed by atoms with Crippen molar-refractivity contribution in [3.63, 3.8) is 0 Å². The van der Waals surface area contributed by atoms with Crippen LogP contribution in [0.4, 0.5) is 61.7 Å². The molecule has 0 fully saturated rings. The Morgan fingerprint density at radius 2 is 0.688 bits per heavy atom. The molecule has 0 saturated heterocycles. The molecule has 39 heteroatoms. The first kappa shape index (κ1) is 76.7. The smallest absolute Gasteiger partial charge is 0.323 e. The van der Waals surface area contributed by atoms with E-state index in [2.05, 4.69) is 51.5 Å². The van der Waals surface area contributed by atoms with Gasteiger partial charge in [-0.1, -0.05) is 0 Å². The molecule has 33 nitrogen and oxygen atoms in total. The summed E-state index contributed by atoms with van der Waals surface area (Å²) in [5.74, 6) is -2.15. The van der Waals surface area contributed by atoms with Gasteiger partial charge in [-0.05, 0) is 144 Å². The van der Waals surface area contributed by atoms with E-state index in [1.54, 1.807) is 65.8 Å². The van der Waals surface area contributed by atoms with Gasteiger partial charge in [0.2, 0.25) is 0 Å². The van der Waals surface area contributed by atoms with E-state index in [0.717, 1.165) is 12.1 Å². The topological polar surface area (TPSA) is 487 Å². The highest BCUT2D eigenvalue weighted by molar-refractivity contribution is 7.93. The molecule has 0 spiro atoms. The molecule has 0 atom stereocenters. The predicted octanol–water partition coefficient (Wildman–Crippen LogP) is 13.5. The molecule has 0 aliphatic heterocycles. The Hall–Kier alpha value is -8.35. The number of azo groups is 4. The summed E-state index contributed by atoms with van der Waals surface area (Å²) in [4.78, 5) is 13.9. The molecule has 8 N–H and O–H groups in total. The van der Waals surface area contributed by atoms with Gasteiger partial charge in [0.05, 0.1) is 102 Å². The lowest BCUT2D eigenvalue weighted by atomic mass is 10.1. The predicted molar refractivity (Wildman–Crippen MR) is 354 cm³/mol. The fourth-order valence-electron chi connectivity index (χ4n) is 8.25. The zero-order valence-electron chi connectivity index (χ0n) is 52.1. The van der Waals surface area contributed by atoms with Crippen molar-refractivity contribution in [1.29, 1.82) is 0 Å². The Morgan fingerprint density at radius 3 is 1.03 bits per heavy atom. The third kappa shape index (κ3) is 25.3. The third-order valence-corrected chi connectivity index (χ3v) is 17.3. The molecule has 2 amide bonds. The minimum Gasteiger partial charge on any atom is -0.491 e. The van der Waals surface area contributed by atoms with Crippen molar-refractivity contribution < 1.29 is 103 Å². The van der Waals surface area contributed by atoms with Gasteiger partial charge < -0.3 is 43.6 Å². The first-order valence-electron chi connectivity index (χ1n) is 28.6. The maximum absolute atomic E-state index is 14.1. The van der Waals surface area contributed by atoms with Crippen LogP contribution in [0.2, 0.25) is 0 Å². The van der Waals surface area contributed by atoms with Gasteiger partial charge in [-0.15, -0.1) is 20.5 Å². The summed E-state index contributed by atoms with van der Waals surface area (Å²) in [6.45, 7) is 9.50. The van der Waals surface area contributed by atoms with E-state index >= 15 is 0 Å². The van der Waals surface area contributed by atoms with Crippen molar-refractivity contribution >= 4 is 126 Å². The second-order valence-corrected chi connectivity index (χ2v) is 28.9. The van der Waals surface area contributed by atoms with Crippen molar-refractivity contribution in [2.45, 2.75) is 77.0 Å². The molecule has 0 saturated carbocycles. The Balaban J connectivity index is 1.28. The summed E-state index contributed by atoms with van der Waals surface area (Å²) in [5.41, 5.74) is 3.67. The number of rotatable bonds is 36. The van der Waals surface area contributed by atoms with Crippen LogP contribution in [0.15, 0.2) is 136 Å². The average Bonchev–Trinajstić information content (AvgIpc) is 0.867. The van der Waals surface area contributed by atoms with Crippen molar-refractivity contribution in [2.24, 2.45) is 40.9 Å². The van der Waals surface area contributed by atoms with Crippen LogP contribution in [-0.2, 0) is 50.6 Å². The van der Waals surface area contributed by atoms with Crippen LogP contribution in [0.25, 0.3) is 0 Å². The molecule has 96 heavy (non-hydrogen) atoms. The lowest BCUT2D eigenvalue weighted by Crippen LogP contribution is -2.21. The number of hydrogen-bond acceptors (Lipinski definition) is 27. The van der Waals surface area contributed by atoms with E-state index < -0.39 is 84.5 Å². The molecular formula is C57H68N10O23S6. The van der Waals surface area contributed by atoms with Gasteiger partial charge in [0.1, 0.15) is 57.2 Å². The van der Waals surface area contributed by atoms with Gasteiger partial charge in [-0.3, -0.25) is 22.8 Å². The molecule has 0 unspecified atom stereocenters. The minimum atomic E-state index is -4.70. The second-order valence-electron chi connectivity index (χ2n) is 20.5. The maximum atomic E-state index is 14.1. The van der Waals surface area contributed by atoms with E-state index in [9.17, 15) is 65.1 Å². The quantitative estimate of drug-likeness (QED) is 0.00784. The van der Waals surface area contributed by atoms with E-state index in [4.69, 9.17) is 37.5 Å². The molecule has 520 valence electrons. The molecule has 0 heterocycles. The van der Waals surface area contributed by atoms with E-state index in [1.807, 2.05) is 0 Å². The van der Waals surface area contributed by atoms with Gasteiger partial charge in [0.15, 0.2) is 0 Å². The SMILES string of the molecule is CCOc1cc(N=Nc2ccc(SO)cc2OCCCS(=O)(=O)O)c(C)cc1N=Nc1cc(OCCCS(=O)(=O)O)c(NC(=O)Nc2cc(C)c(N=Nc3cc(C)c(N=Nc4ccc(S(=O)(=O)O)cc4OCCCS(=O)(=O)O)cc3OCC)cc2OCCCS(=O)(=O)O)cc1C. The number of amides is 2. The summed E-state index contributed by atoms with van der Waals surface area (Å²) < 4.78 is 207. The highest BCUT2D eigenvalue weighted by Crippen LogP contribution is 2.43. The Kier molecular flexibility index (Phi) is 27.6. The van der Waals surface area contributed by atoms with Crippen LogP contribution in [-0.4, -0.2) is 138 Å². The van der Waals surface area contributed by atoms with Crippen LogP contribution in [0, 0.1) is 27.7 Å². The number of benzene rings is 6. The average molecular weight is 1450 g/mol. The highest BCUT2D eigenvalue weighted by Gasteiger charge is 2.21. The first-order chi connectivity index (χ1) is 45.1. The number of aryl methyl sites for hydroxylation is 4. The van der Waals surface area contributed by atoms with Crippen molar-refractivity contribution in [3.8, 4) is 34.5 Å².